The van der Waals surface area contributed by atoms with Crippen molar-refractivity contribution in [1.29, 1.82) is 0 Å². The molecule has 3 rings (SSSR count). The highest BCUT2D eigenvalue weighted by Gasteiger charge is 2.21. The van der Waals surface area contributed by atoms with Crippen LogP contribution in [0.15, 0.2) is 41.9 Å². The summed E-state index contributed by atoms with van der Waals surface area (Å²) in [6.45, 7) is 7.25. The maximum Gasteiger partial charge on any atom is 0.408 e. The van der Waals surface area contributed by atoms with Crippen molar-refractivity contribution in [2.45, 2.75) is 39.3 Å². The molecule has 0 aliphatic rings. The van der Waals surface area contributed by atoms with E-state index in [1.54, 1.807) is 32.1 Å². The molecule has 0 radical (unpaired) electrons. The minimum absolute atomic E-state index is 0.386. The molecule has 0 fully saturated rings. The molecule has 2 aromatic heterocycles. The molecule has 0 aliphatic heterocycles. The van der Waals surface area contributed by atoms with Gasteiger partial charge in [0.1, 0.15) is 5.60 Å². The van der Waals surface area contributed by atoms with Crippen LogP contribution in [0.4, 0.5) is 9.18 Å². The molecule has 1 N–H and O–H groups in total. The van der Waals surface area contributed by atoms with Crippen LogP contribution in [-0.4, -0.2) is 16.7 Å². The number of aromatic nitrogens is 1. The Kier molecular flexibility index (Phi) is 4.96. The molecule has 6 heteroatoms. The Morgan fingerprint density at radius 3 is 2.77 bits per heavy atom. The number of hydrogen-bond acceptors (Lipinski definition) is 4. The summed E-state index contributed by atoms with van der Waals surface area (Å²) in [5.41, 5.74) is 1.79. The predicted octanol–water partition coefficient (Wildman–Crippen LogP) is 5.69. The van der Waals surface area contributed by atoms with Crippen LogP contribution < -0.4 is 5.32 Å². The van der Waals surface area contributed by atoms with Crippen LogP contribution in [0, 0.1) is 5.95 Å². The molecule has 0 saturated carbocycles. The van der Waals surface area contributed by atoms with Crippen LogP contribution in [0.1, 0.15) is 39.3 Å². The van der Waals surface area contributed by atoms with Gasteiger partial charge in [0.05, 0.1) is 6.04 Å². The zero-order valence-electron chi connectivity index (χ0n) is 15.2. The molecule has 0 aliphatic carbocycles. The van der Waals surface area contributed by atoms with E-state index < -0.39 is 17.6 Å². The Morgan fingerprint density at radius 2 is 2.04 bits per heavy atom. The second-order valence-electron chi connectivity index (χ2n) is 7.11. The van der Waals surface area contributed by atoms with Gasteiger partial charge in [-0.05, 0) is 50.1 Å². The third-order valence-corrected chi connectivity index (χ3v) is 4.83. The van der Waals surface area contributed by atoms with Gasteiger partial charge in [0.2, 0.25) is 5.95 Å². The summed E-state index contributed by atoms with van der Waals surface area (Å²) < 4.78 is 20.3. The number of thiophene rings is 1. The average Bonchev–Trinajstić information content (AvgIpc) is 3.01. The first kappa shape index (κ1) is 18.3. The number of fused-ring (bicyclic) bond motifs is 1. The quantitative estimate of drug-likeness (QED) is 0.601. The van der Waals surface area contributed by atoms with Crippen molar-refractivity contribution in [3.05, 3.63) is 53.4 Å². The highest BCUT2D eigenvalue weighted by atomic mass is 32.1. The highest BCUT2D eigenvalue weighted by molar-refractivity contribution is 7.17. The van der Waals surface area contributed by atoms with Crippen molar-refractivity contribution < 1.29 is 13.9 Å². The van der Waals surface area contributed by atoms with Gasteiger partial charge < -0.3 is 10.1 Å². The Labute approximate surface area is 156 Å². The van der Waals surface area contributed by atoms with E-state index in [1.807, 2.05) is 36.6 Å². The number of rotatable bonds is 3. The van der Waals surface area contributed by atoms with Gasteiger partial charge in [-0.2, -0.15) is 4.39 Å². The minimum atomic E-state index is -0.587. The van der Waals surface area contributed by atoms with E-state index in [2.05, 4.69) is 10.3 Å². The summed E-state index contributed by atoms with van der Waals surface area (Å²) in [4.78, 5) is 15.9. The SMILES string of the molecule is CC(NC(=O)OC(C)(C)C)c1cnc(F)cc1-c1cccc2ccsc12. The molecule has 1 atom stereocenters. The second kappa shape index (κ2) is 7.03. The van der Waals surface area contributed by atoms with E-state index in [1.165, 1.54) is 12.3 Å². The molecular weight excluding hydrogens is 351 g/mol. The van der Waals surface area contributed by atoms with Crippen LogP contribution in [-0.2, 0) is 4.74 Å². The third-order valence-electron chi connectivity index (χ3n) is 3.87. The molecule has 4 nitrogen and oxygen atoms in total. The number of halogens is 1. The summed E-state index contributed by atoms with van der Waals surface area (Å²) >= 11 is 1.60. The van der Waals surface area contributed by atoms with Gasteiger partial charge in [-0.3, -0.25) is 0 Å². The Morgan fingerprint density at radius 1 is 1.27 bits per heavy atom. The molecule has 1 unspecified atom stereocenters. The van der Waals surface area contributed by atoms with Crippen LogP contribution in [0.5, 0.6) is 0 Å². The molecule has 0 spiro atoms. The van der Waals surface area contributed by atoms with Crippen LogP contribution in [0.2, 0.25) is 0 Å². The van der Waals surface area contributed by atoms with Gasteiger partial charge in [-0.15, -0.1) is 11.3 Å². The summed E-state index contributed by atoms with van der Waals surface area (Å²) in [6.07, 6.45) is 0.952. The predicted molar refractivity (Wildman–Crippen MR) is 103 cm³/mol. The lowest BCUT2D eigenvalue weighted by molar-refractivity contribution is 0.0508. The normalized spacial score (nSPS) is 12.8. The summed E-state index contributed by atoms with van der Waals surface area (Å²) in [6, 6.07) is 8.98. The Bertz CT molecular complexity index is 946. The third kappa shape index (κ3) is 4.02. The first-order valence-electron chi connectivity index (χ1n) is 8.36. The Hall–Kier alpha value is -2.47. The van der Waals surface area contributed by atoms with Crippen molar-refractivity contribution in [2.24, 2.45) is 0 Å². The van der Waals surface area contributed by atoms with Crippen molar-refractivity contribution in [3.63, 3.8) is 0 Å². The van der Waals surface area contributed by atoms with Crippen molar-refractivity contribution in [1.82, 2.24) is 10.3 Å². The van der Waals surface area contributed by atoms with E-state index >= 15 is 0 Å². The molecule has 136 valence electrons. The maximum absolute atomic E-state index is 13.9. The fourth-order valence-electron chi connectivity index (χ4n) is 2.79. The number of amides is 1. The number of benzene rings is 1. The van der Waals surface area contributed by atoms with Gasteiger partial charge in [-0.1, -0.05) is 18.2 Å². The van der Waals surface area contributed by atoms with Gasteiger partial charge in [-0.25, -0.2) is 9.78 Å². The highest BCUT2D eigenvalue weighted by Crippen LogP contribution is 2.36. The Balaban J connectivity index is 1.99. The van der Waals surface area contributed by atoms with Gasteiger partial charge >= 0.3 is 6.09 Å². The fraction of sp³-hybridized carbons (Fsp3) is 0.300. The lowest BCUT2D eigenvalue weighted by Crippen LogP contribution is -2.34. The number of carbonyl (C=O) groups excluding carboxylic acids is 1. The monoisotopic (exact) mass is 372 g/mol. The van der Waals surface area contributed by atoms with Crippen LogP contribution in [0.3, 0.4) is 0 Å². The molecule has 0 bridgehead atoms. The largest absolute Gasteiger partial charge is 0.444 e. The molecule has 3 aromatic rings. The zero-order chi connectivity index (χ0) is 18.9. The summed E-state index contributed by atoms with van der Waals surface area (Å²) in [5, 5.41) is 5.91. The number of pyridine rings is 1. The van der Waals surface area contributed by atoms with Crippen LogP contribution in [0.25, 0.3) is 21.2 Å². The number of alkyl carbamates (subject to hydrolysis) is 1. The summed E-state index contributed by atoms with van der Waals surface area (Å²) in [7, 11) is 0. The van der Waals surface area contributed by atoms with Crippen molar-refractivity contribution >= 4 is 27.5 Å². The second-order valence-corrected chi connectivity index (χ2v) is 8.02. The molecule has 26 heavy (non-hydrogen) atoms. The van der Waals surface area contributed by atoms with Gasteiger partial charge in [0, 0.05) is 28.1 Å². The van der Waals surface area contributed by atoms with E-state index in [4.69, 9.17) is 4.74 Å². The van der Waals surface area contributed by atoms with Crippen LogP contribution >= 0.6 is 11.3 Å². The average molecular weight is 372 g/mol. The number of carbonyl (C=O) groups is 1. The van der Waals surface area contributed by atoms with E-state index in [-0.39, 0.29) is 6.04 Å². The topological polar surface area (TPSA) is 51.2 Å². The smallest absolute Gasteiger partial charge is 0.408 e. The van der Waals surface area contributed by atoms with Crippen molar-refractivity contribution in [3.8, 4) is 11.1 Å². The first-order chi connectivity index (χ1) is 12.2. The van der Waals surface area contributed by atoms with E-state index in [0.717, 1.165) is 21.2 Å². The number of nitrogens with one attached hydrogen (secondary N) is 1. The lowest BCUT2D eigenvalue weighted by Gasteiger charge is -2.23. The molecule has 1 aromatic carbocycles. The number of nitrogens with zero attached hydrogens (tertiary/aromatic N) is 1. The zero-order valence-corrected chi connectivity index (χ0v) is 16.0. The summed E-state index contributed by atoms with van der Waals surface area (Å²) in [5.74, 6) is -0.554. The molecule has 2 heterocycles. The molecular formula is C20H21FN2O2S. The van der Waals surface area contributed by atoms with Gasteiger partial charge in [0.15, 0.2) is 0 Å². The molecule has 0 saturated heterocycles. The fourth-order valence-corrected chi connectivity index (χ4v) is 3.71. The van der Waals surface area contributed by atoms with Crippen molar-refractivity contribution in [2.75, 3.05) is 0 Å². The lowest BCUT2D eigenvalue weighted by atomic mass is 9.97. The number of ether oxygens (including phenoxy) is 1. The molecule has 1 amide bonds. The van der Waals surface area contributed by atoms with E-state index in [9.17, 15) is 9.18 Å². The minimum Gasteiger partial charge on any atom is -0.444 e. The maximum atomic E-state index is 13.9. The standard InChI is InChI=1S/C20H21FN2O2S/c1-12(23-19(24)25-20(2,3)4)16-11-22-17(21)10-15(16)14-7-5-6-13-8-9-26-18(13)14/h5-12H,1-4H3,(H,23,24). The van der Waals surface area contributed by atoms with E-state index in [0.29, 0.717) is 5.56 Å². The number of hydrogen-bond donors (Lipinski definition) is 1. The first-order valence-corrected chi connectivity index (χ1v) is 9.24. The van der Waals surface area contributed by atoms with Gasteiger partial charge in [0.25, 0.3) is 0 Å².